The number of carbonyl (C=O) groups excluding carboxylic acids is 2. The second kappa shape index (κ2) is 4.07. The quantitative estimate of drug-likeness (QED) is 0.558. The van der Waals surface area contributed by atoms with Gasteiger partial charge in [-0.3, -0.25) is 9.59 Å². The van der Waals surface area contributed by atoms with Crippen molar-refractivity contribution in [3.05, 3.63) is 12.2 Å². The van der Waals surface area contributed by atoms with Crippen LogP contribution in [-0.4, -0.2) is 48.2 Å². The first kappa shape index (κ1) is 12.7. The van der Waals surface area contributed by atoms with Gasteiger partial charge in [0.25, 0.3) is 0 Å². The van der Waals surface area contributed by atoms with E-state index in [9.17, 15) is 9.59 Å². The van der Waals surface area contributed by atoms with Crippen molar-refractivity contribution in [2.24, 2.45) is 11.8 Å². The van der Waals surface area contributed by atoms with Crippen LogP contribution in [0.1, 0.15) is 20.3 Å². The first-order valence-electron chi connectivity index (χ1n) is 6.79. The molecule has 5 heteroatoms. The standard InChI is InChI=1S/C14H19NO4/c1-4-8(2)15-7-14-6-5-9(19-14)10(13(17)18-3)11(14)12(15)16/h5-6,8-11H,4,7H2,1-3H3/t8-,9+,10+,11+,14-/m0/s1. The van der Waals surface area contributed by atoms with Crippen LogP contribution in [0, 0.1) is 11.8 Å². The Balaban J connectivity index is 1.95. The highest BCUT2D eigenvalue weighted by molar-refractivity contribution is 5.91. The van der Waals surface area contributed by atoms with E-state index < -0.39 is 17.4 Å². The number of hydrogen-bond donors (Lipinski definition) is 0. The lowest BCUT2D eigenvalue weighted by Crippen LogP contribution is -2.40. The summed E-state index contributed by atoms with van der Waals surface area (Å²) in [5.41, 5.74) is -0.607. The van der Waals surface area contributed by atoms with Gasteiger partial charge in [-0.15, -0.1) is 0 Å². The maximum atomic E-state index is 12.6. The van der Waals surface area contributed by atoms with Crippen molar-refractivity contribution in [3.8, 4) is 0 Å². The van der Waals surface area contributed by atoms with Gasteiger partial charge < -0.3 is 14.4 Å². The fourth-order valence-electron chi connectivity index (χ4n) is 3.53. The number of likely N-dealkylation sites (tertiary alicyclic amines) is 1. The highest BCUT2D eigenvalue weighted by atomic mass is 16.5. The third kappa shape index (κ3) is 1.51. The third-order valence-corrected chi connectivity index (χ3v) is 4.73. The smallest absolute Gasteiger partial charge is 0.312 e. The van der Waals surface area contributed by atoms with Crippen LogP contribution in [0.2, 0.25) is 0 Å². The van der Waals surface area contributed by atoms with Crippen molar-refractivity contribution < 1.29 is 19.1 Å². The van der Waals surface area contributed by atoms with E-state index in [0.29, 0.717) is 6.54 Å². The molecule has 2 saturated heterocycles. The lowest BCUT2D eigenvalue weighted by atomic mass is 9.77. The molecule has 0 aliphatic carbocycles. The third-order valence-electron chi connectivity index (χ3n) is 4.73. The van der Waals surface area contributed by atoms with E-state index in [-0.39, 0.29) is 24.0 Å². The molecule has 104 valence electrons. The van der Waals surface area contributed by atoms with Gasteiger partial charge in [0.1, 0.15) is 11.5 Å². The highest BCUT2D eigenvalue weighted by Gasteiger charge is 2.67. The summed E-state index contributed by atoms with van der Waals surface area (Å²) in [5.74, 6) is -1.22. The van der Waals surface area contributed by atoms with Gasteiger partial charge in [0.15, 0.2) is 0 Å². The monoisotopic (exact) mass is 265 g/mol. The predicted molar refractivity (Wildman–Crippen MR) is 67.2 cm³/mol. The molecule has 0 radical (unpaired) electrons. The average Bonchev–Trinajstić information content (AvgIpc) is 3.05. The van der Waals surface area contributed by atoms with Gasteiger partial charge in [0.05, 0.1) is 25.7 Å². The van der Waals surface area contributed by atoms with E-state index in [1.807, 2.05) is 24.0 Å². The Morgan fingerprint density at radius 2 is 2.42 bits per heavy atom. The minimum atomic E-state index is -0.607. The molecular formula is C14H19NO4. The summed E-state index contributed by atoms with van der Waals surface area (Å²) in [7, 11) is 1.36. The summed E-state index contributed by atoms with van der Waals surface area (Å²) in [5, 5.41) is 0. The van der Waals surface area contributed by atoms with Crippen molar-refractivity contribution in [1.82, 2.24) is 4.90 Å². The summed E-state index contributed by atoms with van der Waals surface area (Å²) in [4.78, 5) is 26.4. The van der Waals surface area contributed by atoms with Crippen molar-refractivity contribution in [3.63, 3.8) is 0 Å². The molecule has 0 saturated carbocycles. The van der Waals surface area contributed by atoms with Crippen LogP contribution in [0.25, 0.3) is 0 Å². The number of esters is 1. The Labute approximate surface area is 112 Å². The molecule has 3 heterocycles. The minimum Gasteiger partial charge on any atom is -0.469 e. The molecular weight excluding hydrogens is 246 g/mol. The van der Waals surface area contributed by atoms with E-state index in [0.717, 1.165) is 6.42 Å². The fraction of sp³-hybridized carbons (Fsp3) is 0.714. The van der Waals surface area contributed by atoms with Crippen molar-refractivity contribution in [2.45, 2.75) is 38.0 Å². The number of amides is 1. The zero-order valence-electron chi connectivity index (χ0n) is 11.5. The lowest BCUT2D eigenvalue weighted by molar-refractivity contribution is -0.151. The summed E-state index contributed by atoms with van der Waals surface area (Å²) in [6.07, 6.45) is 4.44. The van der Waals surface area contributed by atoms with Gasteiger partial charge in [-0.05, 0) is 13.3 Å². The summed E-state index contributed by atoms with van der Waals surface area (Å²) in [6, 6.07) is 0.168. The number of nitrogens with zero attached hydrogens (tertiary/aromatic N) is 1. The number of carbonyl (C=O) groups is 2. The summed E-state index contributed by atoms with van der Waals surface area (Å²) >= 11 is 0. The second-order valence-corrected chi connectivity index (χ2v) is 5.65. The Morgan fingerprint density at radius 3 is 3.05 bits per heavy atom. The molecule has 1 amide bonds. The Morgan fingerprint density at radius 1 is 1.68 bits per heavy atom. The molecule has 5 atom stereocenters. The molecule has 0 aromatic heterocycles. The largest absolute Gasteiger partial charge is 0.469 e. The zero-order chi connectivity index (χ0) is 13.8. The molecule has 5 nitrogen and oxygen atoms in total. The number of ether oxygens (including phenoxy) is 2. The van der Waals surface area contributed by atoms with Gasteiger partial charge in [0, 0.05) is 6.04 Å². The van der Waals surface area contributed by atoms with Gasteiger partial charge >= 0.3 is 5.97 Å². The van der Waals surface area contributed by atoms with Crippen LogP contribution in [-0.2, 0) is 19.1 Å². The van der Waals surface area contributed by atoms with Crippen LogP contribution >= 0.6 is 0 Å². The zero-order valence-corrected chi connectivity index (χ0v) is 11.5. The van der Waals surface area contributed by atoms with Crippen molar-refractivity contribution in [2.75, 3.05) is 13.7 Å². The maximum Gasteiger partial charge on any atom is 0.312 e. The van der Waals surface area contributed by atoms with E-state index in [4.69, 9.17) is 9.47 Å². The molecule has 19 heavy (non-hydrogen) atoms. The van der Waals surface area contributed by atoms with Gasteiger partial charge in [-0.2, -0.15) is 0 Å². The fourth-order valence-corrected chi connectivity index (χ4v) is 3.53. The molecule has 2 fully saturated rings. The molecule has 3 aliphatic rings. The second-order valence-electron chi connectivity index (χ2n) is 5.65. The minimum absolute atomic E-state index is 0.0246. The molecule has 0 aromatic carbocycles. The van der Waals surface area contributed by atoms with Crippen LogP contribution in [0.3, 0.4) is 0 Å². The van der Waals surface area contributed by atoms with Gasteiger partial charge in [0.2, 0.25) is 5.91 Å². The first-order chi connectivity index (χ1) is 9.04. The number of methoxy groups -OCH3 is 1. The predicted octanol–water partition coefficient (Wildman–Crippen LogP) is 0.740. The van der Waals surface area contributed by atoms with Gasteiger partial charge in [-0.25, -0.2) is 0 Å². The number of hydrogen-bond acceptors (Lipinski definition) is 4. The van der Waals surface area contributed by atoms with Gasteiger partial charge in [-0.1, -0.05) is 19.1 Å². The number of rotatable bonds is 3. The van der Waals surface area contributed by atoms with E-state index in [2.05, 4.69) is 6.92 Å². The molecule has 0 unspecified atom stereocenters. The van der Waals surface area contributed by atoms with E-state index >= 15 is 0 Å². The van der Waals surface area contributed by atoms with E-state index in [1.54, 1.807) is 0 Å². The van der Waals surface area contributed by atoms with Crippen molar-refractivity contribution >= 4 is 11.9 Å². The molecule has 0 N–H and O–H groups in total. The summed E-state index contributed by atoms with van der Waals surface area (Å²) < 4.78 is 10.8. The number of fused-ring (bicyclic) bond motifs is 1. The molecule has 2 bridgehead atoms. The first-order valence-corrected chi connectivity index (χ1v) is 6.79. The van der Waals surface area contributed by atoms with Crippen LogP contribution < -0.4 is 0 Å². The highest BCUT2D eigenvalue weighted by Crippen LogP contribution is 2.52. The Bertz CT molecular complexity index is 460. The van der Waals surface area contributed by atoms with E-state index in [1.165, 1.54) is 7.11 Å². The molecule has 0 aromatic rings. The molecule has 3 aliphatic heterocycles. The SMILES string of the molecule is CC[C@H](C)N1C[C@]23C=C[C@@H](O2)[C@@H](C(=O)OC)[C@@H]3C1=O. The molecule has 1 spiro atoms. The Hall–Kier alpha value is -1.36. The maximum absolute atomic E-state index is 12.6. The normalized spacial score (nSPS) is 40.7. The summed E-state index contributed by atoms with van der Waals surface area (Å²) in [6.45, 7) is 4.63. The topological polar surface area (TPSA) is 55.8 Å². The van der Waals surface area contributed by atoms with Crippen LogP contribution in [0.4, 0.5) is 0 Å². The van der Waals surface area contributed by atoms with Crippen LogP contribution in [0.15, 0.2) is 12.2 Å². The lowest BCUT2D eigenvalue weighted by Gasteiger charge is -2.26. The molecule has 3 rings (SSSR count). The van der Waals surface area contributed by atoms with Crippen molar-refractivity contribution in [1.29, 1.82) is 0 Å². The average molecular weight is 265 g/mol. The van der Waals surface area contributed by atoms with Crippen LogP contribution in [0.5, 0.6) is 0 Å². The Kier molecular flexibility index (Phi) is 2.71.